The molecular weight excluding hydrogens is 262 g/mol. The van der Waals surface area contributed by atoms with E-state index < -0.39 is 0 Å². The van der Waals surface area contributed by atoms with Crippen LogP contribution in [0.25, 0.3) is 0 Å². The van der Waals surface area contributed by atoms with Crippen LogP contribution in [0.15, 0.2) is 0 Å². The molecule has 0 unspecified atom stereocenters. The molecule has 4 nitrogen and oxygen atoms in total. The van der Waals surface area contributed by atoms with E-state index in [1.54, 1.807) is 0 Å². The van der Waals surface area contributed by atoms with Crippen molar-refractivity contribution in [2.24, 2.45) is 11.1 Å². The zero-order chi connectivity index (χ0) is 15.3. The first kappa shape index (κ1) is 16.8. The lowest BCUT2D eigenvalue weighted by atomic mass is 9.71. The SMILES string of the molecule is CC(C)N1CCC(NC(=O)CC2(CN)CCCCC2)CC1. The van der Waals surface area contributed by atoms with Gasteiger partial charge in [0.2, 0.25) is 5.91 Å². The lowest BCUT2D eigenvalue weighted by molar-refractivity contribution is -0.124. The van der Waals surface area contributed by atoms with Crippen molar-refractivity contribution in [1.29, 1.82) is 0 Å². The highest BCUT2D eigenvalue weighted by atomic mass is 16.1. The van der Waals surface area contributed by atoms with Crippen molar-refractivity contribution in [3.8, 4) is 0 Å². The summed E-state index contributed by atoms with van der Waals surface area (Å²) in [7, 11) is 0. The highest BCUT2D eigenvalue weighted by Crippen LogP contribution is 2.38. The normalized spacial score (nSPS) is 24.2. The average molecular weight is 295 g/mol. The summed E-state index contributed by atoms with van der Waals surface area (Å²) in [6.07, 6.45) is 8.82. The van der Waals surface area contributed by atoms with Gasteiger partial charge in [0.15, 0.2) is 0 Å². The smallest absolute Gasteiger partial charge is 0.220 e. The first-order chi connectivity index (χ1) is 10.0. The first-order valence-electron chi connectivity index (χ1n) is 8.78. The predicted molar refractivity (Wildman–Crippen MR) is 87.1 cm³/mol. The van der Waals surface area contributed by atoms with Gasteiger partial charge in [-0.2, -0.15) is 0 Å². The number of piperidine rings is 1. The van der Waals surface area contributed by atoms with Crippen molar-refractivity contribution in [1.82, 2.24) is 10.2 Å². The summed E-state index contributed by atoms with van der Waals surface area (Å²) in [5.74, 6) is 0.227. The summed E-state index contributed by atoms with van der Waals surface area (Å²) in [4.78, 5) is 14.9. The number of nitrogens with two attached hydrogens (primary N) is 1. The molecule has 0 aromatic heterocycles. The Balaban J connectivity index is 1.77. The van der Waals surface area contributed by atoms with E-state index in [4.69, 9.17) is 5.73 Å². The minimum Gasteiger partial charge on any atom is -0.353 e. The van der Waals surface area contributed by atoms with Crippen LogP contribution in [0.1, 0.15) is 65.2 Å². The van der Waals surface area contributed by atoms with Gasteiger partial charge in [-0.05, 0) is 51.5 Å². The number of carbonyl (C=O) groups excluding carboxylic acids is 1. The third-order valence-electron chi connectivity index (χ3n) is 5.51. The van der Waals surface area contributed by atoms with Crippen molar-refractivity contribution in [2.45, 2.75) is 77.3 Å². The van der Waals surface area contributed by atoms with Crippen molar-refractivity contribution < 1.29 is 4.79 Å². The van der Waals surface area contributed by atoms with Gasteiger partial charge >= 0.3 is 0 Å². The molecule has 1 saturated carbocycles. The second kappa shape index (κ2) is 7.59. The average Bonchev–Trinajstić information content (AvgIpc) is 2.48. The number of carbonyl (C=O) groups is 1. The van der Waals surface area contributed by atoms with E-state index in [9.17, 15) is 4.79 Å². The summed E-state index contributed by atoms with van der Waals surface area (Å²) in [6.45, 7) is 7.35. The number of nitrogens with zero attached hydrogens (tertiary/aromatic N) is 1. The van der Waals surface area contributed by atoms with Gasteiger partial charge < -0.3 is 16.0 Å². The van der Waals surface area contributed by atoms with Gasteiger partial charge in [-0.25, -0.2) is 0 Å². The van der Waals surface area contributed by atoms with E-state index in [2.05, 4.69) is 24.1 Å². The third kappa shape index (κ3) is 4.68. The van der Waals surface area contributed by atoms with E-state index in [1.807, 2.05) is 0 Å². The summed E-state index contributed by atoms with van der Waals surface area (Å²) in [5.41, 5.74) is 6.07. The summed E-state index contributed by atoms with van der Waals surface area (Å²) < 4.78 is 0. The Labute approximate surface area is 129 Å². The standard InChI is InChI=1S/C17H33N3O/c1-14(2)20-10-6-15(7-11-20)19-16(21)12-17(13-18)8-4-3-5-9-17/h14-15H,3-13,18H2,1-2H3,(H,19,21). The fourth-order valence-corrected chi connectivity index (χ4v) is 3.93. The van der Waals surface area contributed by atoms with Crippen LogP contribution in [0.3, 0.4) is 0 Å². The summed E-state index contributed by atoms with van der Waals surface area (Å²) in [5, 5.41) is 3.26. The Morgan fingerprint density at radius 2 is 1.86 bits per heavy atom. The second-order valence-corrected chi connectivity index (χ2v) is 7.41. The van der Waals surface area contributed by atoms with Crippen LogP contribution >= 0.6 is 0 Å². The summed E-state index contributed by atoms with van der Waals surface area (Å²) >= 11 is 0. The molecule has 0 bridgehead atoms. The molecule has 0 atom stereocenters. The highest BCUT2D eigenvalue weighted by Gasteiger charge is 2.33. The van der Waals surface area contributed by atoms with E-state index in [0.29, 0.717) is 25.0 Å². The van der Waals surface area contributed by atoms with Crippen LogP contribution in [0.2, 0.25) is 0 Å². The van der Waals surface area contributed by atoms with Gasteiger partial charge in [0.1, 0.15) is 0 Å². The van der Waals surface area contributed by atoms with Gasteiger partial charge in [0.25, 0.3) is 0 Å². The fraction of sp³-hybridized carbons (Fsp3) is 0.941. The Kier molecular flexibility index (Phi) is 6.06. The highest BCUT2D eigenvalue weighted by molar-refractivity contribution is 5.77. The van der Waals surface area contributed by atoms with Crippen LogP contribution < -0.4 is 11.1 Å². The van der Waals surface area contributed by atoms with Gasteiger partial charge in [0.05, 0.1) is 0 Å². The molecule has 1 aliphatic carbocycles. The first-order valence-corrected chi connectivity index (χ1v) is 8.78. The van der Waals surface area contributed by atoms with Crippen molar-refractivity contribution >= 4 is 5.91 Å². The lowest BCUT2D eigenvalue weighted by Crippen LogP contribution is -2.48. The maximum atomic E-state index is 12.4. The third-order valence-corrected chi connectivity index (χ3v) is 5.51. The Morgan fingerprint density at radius 1 is 1.24 bits per heavy atom. The molecule has 122 valence electrons. The van der Waals surface area contributed by atoms with E-state index in [1.165, 1.54) is 19.3 Å². The quantitative estimate of drug-likeness (QED) is 0.818. The zero-order valence-electron chi connectivity index (χ0n) is 13.9. The van der Waals surface area contributed by atoms with E-state index in [-0.39, 0.29) is 11.3 Å². The molecule has 3 N–H and O–H groups in total. The summed E-state index contributed by atoms with van der Waals surface area (Å²) in [6, 6.07) is 0.982. The van der Waals surface area contributed by atoms with Gasteiger partial charge in [-0.1, -0.05) is 19.3 Å². The van der Waals surface area contributed by atoms with Gasteiger partial charge in [0, 0.05) is 31.6 Å². The Hall–Kier alpha value is -0.610. The number of likely N-dealkylation sites (tertiary alicyclic amines) is 1. The number of amides is 1. The number of nitrogens with one attached hydrogen (secondary N) is 1. The van der Waals surface area contributed by atoms with Crippen molar-refractivity contribution in [3.05, 3.63) is 0 Å². The number of hydrogen-bond donors (Lipinski definition) is 2. The van der Waals surface area contributed by atoms with Crippen LogP contribution in [0.4, 0.5) is 0 Å². The topological polar surface area (TPSA) is 58.4 Å². The molecule has 21 heavy (non-hydrogen) atoms. The molecule has 2 rings (SSSR count). The Morgan fingerprint density at radius 3 is 2.38 bits per heavy atom. The maximum Gasteiger partial charge on any atom is 0.220 e. The monoisotopic (exact) mass is 295 g/mol. The van der Waals surface area contributed by atoms with E-state index >= 15 is 0 Å². The number of rotatable bonds is 5. The second-order valence-electron chi connectivity index (χ2n) is 7.41. The van der Waals surface area contributed by atoms with Crippen LogP contribution in [-0.2, 0) is 4.79 Å². The number of hydrogen-bond acceptors (Lipinski definition) is 3. The molecule has 0 aromatic rings. The fourth-order valence-electron chi connectivity index (χ4n) is 3.93. The molecule has 0 spiro atoms. The molecular formula is C17H33N3O. The molecule has 1 aliphatic heterocycles. The van der Waals surface area contributed by atoms with Gasteiger partial charge in [-0.15, -0.1) is 0 Å². The maximum absolute atomic E-state index is 12.4. The molecule has 1 heterocycles. The molecule has 0 aromatic carbocycles. The molecule has 0 radical (unpaired) electrons. The van der Waals surface area contributed by atoms with Crippen LogP contribution in [0.5, 0.6) is 0 Å². The molecule has 4 heteroatoms. The minimum absolute atomic E-state index is 0.0843. The van der Waals surface area contributed by atoms with E-state index in [0.717, 1.165) is 38.8 Å². The van der Waals surface area contributed by atoms with Crippen LogP contribution in [0, 0.1) is 5.41 Å². The molecule has 2 fully saturated rings. The van der Waals surface area contributed by atoms with Crippen molar-refractivity contribution in [3.63, 3.8) is 0 Å². The molecule has 1 saturated heterocycles. The molecule has 2 aliphatic rings. The Bertz CT molecular complexity index is 329. The zero-order valence-corrected chi connectivity index (χ0v) is 13.9. The molecule has 1 amide bonds. The predicted octanol–water partition coefficient (Wildman–Crippen LogP) is 2.27. The van der Waals surface area contributed by atoms with Gasteiger partial charge in [-0.3, -0.25) is 4.79 Å². The van der Waals surface area contributed by atoms with Crippen molar-refractivity contribution in [2.75, 3.05) is 19.6 Å². The lowest BCUT2D eigenvalue weighted by Gasteiger charge is -2.37. The minimum atomic E-state index is 0.0843. The largest absolute Gasteiger partial charge is 0.353 e. The van der Waals surface area contributed by atoms with Crippen LogP contribution in [-0.4, -0.2) is 42.5 Å².